The van der Waals surface area contributed by atoms with Crippen LogP contribution in [0, 0.1) is 71.0 Å². The van der Waals surface area contributed by atoms with Crippen molar-refractivity contribution >= 4 is 0 Å². The van der Waals surface area contributed by atoms with E-state index in [0.29, 0.717) is 0 Å². The molecule has 0 saturated heterocycles. The lowest BCUT2D eigenvalue weighted by Gasteiger charge is -2.26. The molecule has 54 heavy (non-hydrogen) atoms. The van der Waals surface area contributed by atoms with Crippen LogP contribution in [0.15, 0.2) is 73.4 Å². The molecule has 0 amide bonds. The molecule has 0 heteroatoms. The van der Waals surface area contributed by atoms with E-state index in [1.807, 2.05) is 0 Å². The number of allylic oxidation sites excluding steroid dienone is 11. The van der Waals surface area contributed by atoms with E-state index in [1.165, 1.54) is 161 Å². The van der Waals surface area contributed by atoms with Crippen LogP contribution in [-0.2, 0) is 0 Å². The van der Waals surface area contributed by atoms with Crippen LogP contribution < -0.4 is 0 Å². The van der Waals surface area contributed by atoms with Crippen molar-refractivity contribution in [1.82, 2.24) is 0 Å². The molecular formula is C54H90. The molecule has 0 aromatic heterocycles. The van der Waals surface area contributed by atoms with Crippen molar-refractivity contribution in [2.24, 2.45) is 71.0 Å². The Labute approximate surface area is 338 Å². The van der Waals surface area contributed by atoms with E-state index in [0.717, 1.165) is 71.0 Å². The van der Waals surface area contributed by atoms with Gasteiger partial charge in [0, 0.05) is 0 Å². The fraction of sp³-hybridized carbons (Fsp3) is 0.778. The summed E-state index contributed by atoms with van der Waals surface area (Å²) in [5.74, 6) is 10.8. The van der Waals surface area contributed by atoms with Gasteiger partial charge in [-0.15, -0.1) is 6.58 Å². The smallest absolute Gasteiger partial charge is 0.0233 e. The first-order valence-electron chi connectivity index (χ1n) is 24.3. The van der Waals surface area contributed by atoms with E-state index in [4.69, 9.17) is 0 Å². The first-order chi connectivity index (χ1) is 26.3. The van der Waals surface area contributed by atoms with Gasteiger partial charge >= 0.3 is 0 Å². The fourth-order valence-corrected chi connectivity index (χ4v) is 10.6. The molecule has 0 heterocycles. The van der Waals surface area contributed by atoms with E-state index in [-0.39, 0.29) is 0 Å². The van der Waals surface area contributed by atoms with Crippen molar-refractivity contribution in [3.8, 4) is 0 Å². The highest BCUT2D eigenvalue weighted by Gasteiger charge is 2.22. The topological polar surface area (TPSA) is 0 Å². The molecule has 6 saturated carbocycles. The summed E-state index contributed by atoms with van der Waals surface area (Å²) in [6.07, 6.45) is 62.2. The third kappa shape index (κ3) is 18.1. The Kier molecular flexibility index (Phi) is 22.1. The van der Waals surface area contributed by atoms with Crippen LogP contribution >= 0.6 is 0 Å². The fourth-order valence-electron chi connectivity index (χ4n) is 10.6. The monoisotopic (exact) mass is 739 g/mol. The average molecular weight is 739 g/mol. The summed E-state index contributed by atoms with van der Waals surface area (Å²) in [6, 6.07) is 0. The van der Waals surface area contributed by atoms with Crippen LogP contribution in [0.5, 0.6) is 0 Å². The second-order valence-corrected chi connectivity index (χ2v) is 19.8. The maximum Gasteiger partial charge on any atom is -0.0233 e. The molecule has 0 spiro atoms. The highest BCUT2D eigenvalue weighted by molar-refractivity contribution is 5.00. The van der Waals surface area contributed by atoms with Crippen molar-refractivity contribution in [3.63, 3.8) is 0 Å². The Morgan fingerprint density at radius 1 is 0.333 bits per heavy atom. The Balaban J connectivity index is 0.000000181. The summed E-state index contributed by atoms with van der Waals surface area (Å²) in [6.45, 7) is 15.5. The van der Waals surface area contributed by atoms with E-state index < -0.39 is 0 Å². The van der Waals surface area contributed by atoms with Gasteiger partial charge in [0.15, 0.2) is 0 Å². The Morgan fingerprint density at radius 2 is 0.556 bits per heavy atom. The molecule has 6 aliphatic rings. The molecule has 0 radical (unpaired) electrons. The second kappa shape index (κ2) is 26.4. The second-order valence-electron chi connectivity index (χ2n) is 19.8. The summed E-state index contributed by atoms with van der Waals surface area (Å²) in [7, 11) is 0. The van der Waals surface area contributed by atoms with Gasteiger partial charge in [0.25, 0.3) is 0 Å². The summed E-state index contributed by atoms with van der Waals surface area (Å²) in [5, 5.41) is 0. The van der Waals surface area contributed by atoms with Gasteiger partial charge in [-0.05, 0) is 200 Å². The third-order valence-electron chi connectivity index (χ3n) is 15.0. The molecule has 0 bridgehead atoms. The molecule has 6 rings (SSSR count). The van der Waals surface area contributed by atoms with Crippen LogP contribution in [0.2, 0.25) is 0 Å². The maximum absolute atomic E-state index is 3.92. The number of hydrogen-bond donors (Lipinski definition) is 0. The van der Waals surface area contributed by atoms with Gasteiger partial charge in [-0.1, -0.05) is 133 Å². The van der Waals surface area contributed by atoms with Gasteiger partial charge in [0.1, 0.15) is 0 Å². The average Bonchev–Trinajstić information content (AvgIpc) is 3.21. The highest BCUT2D eigenvalue weighted by atomic mass is 14.3. The lowest BCUT2D eigenvalue weighted by molar-refractivity contribution is 0.325. The molecule has 0 N–H and O–H groups in total. The molecule has 0 nitrogen and oxygen atoms in total. The van der Waals surface area contributed by atoms with Gasteiger partial charge < -0.3 is 0 Å². The van der Waals surface area contributed by atoms with Crippen molar-refractivity contribution in [3.05, 3.63) is 73.4 Å². The van der Waals surface area contributed by atoms with E-state index >= 15 is 0 Å². The third-order valence-corrected chi connectivity index (χ3v) is 15.0. The lowest BCUT2D eigenvalue weighted by atomic mass is 9.79. The van der Waals surface area contributed by atoms with Crippen LogP contribution in [0.25, 0.3) is 0 Å². The quantitative estimate of drug-likeness (QED) is 0.196. The van der Waals surface area contributed by atoms with Crippen LogP contribution in [0.1, 0.15) is 195 Å². The van der Waals surface area contributed by atoms with E-state index in [9.17, 15) is 0 Å². The Hall–Kier alpha value is -1.56. The predicted molar refractivity (Wildman–Crippen MR) is 242 cm³/mol. The largest absolute Gasteiger partial charge is 0.103 e. The molecule has 0 atom stereocenters. The molecule has 0 aromatic rings. The van der Waals surface area contributed by atoms with Crippen LogP contribution in [0.3, 0.4) is 0 Å². The van der Waals surface area contributed by atoms with Crippen LogP contribution in [0.4, 0.5) is 0 Å². The molecule has 0 aliphatic heterocycles. The van der Waals surface area contributed by atoms with Crippen molar-refractivity contribution in [2.45, 2.75) is 195 Å². The summed E-state index contributed by atoms with van der Waals surface area (Å²) in [4.78, 5) is 0. The Bertz CT molecular complexity index is 1080. The molecular weight excluding hydrogens is 649 g/mol. The zero-order chi connectivity index (χ0) is 38.4. The van der Waals surface area contributed by atoms with Crippen molar-refractivity contribution in [2.75, 3.05) is 0 Å². The Morgan fingerprint density at radius 3 is 0.796 bits per heavy atom. The minimum Gasteiger partial charge on any atom is -0.103 e. The molecule has 306 valence electrons. The molecule has 0 unspecified atom stereocenters. The molecule has 0 aromatic carbocycles. The number of rotatable bonds is 10. The zero-order valence-corrected chi connectivity index (χ0v) is 36.7. The SMILES string of the molecule is C/C=C/C1CCC(/C=C/C2CCC(C)CC2)CC1.C=CC1CCC(/C=C/C2CCC(C)CC2)CC1.CC/C=C/C1CCC(/C=C/C2CCC(C)CC2)CC1. The zero-order valence-electron chi connectivity index (χ0n) is 36.7. The van der Waals surface area contributed by atoms with E-state index in [1.54, 1.807) is 0 Å². The summed E-state index contributed by atoms with van der Waals surface area (Å²) < 4.78 is 0. The highest BCUT2D eigenvalue weighted by Crippen LogP contribution is 2.36. The first kappa shape index (κ1) is 45.1. The van der Waals surface area contributed by atoms with Gasteiger partial charge in [0.2, 0.25) is 0 Å². The standard InChI is InChI=1S/C19H32.C18H30.C17H28/c1-3-4-5-17-10-12-19(13-11-17)15-14-18-8-6-16(2)7-9-18;1-3-4-16-9-11-18(12-10-16)14-13-17-7-5-15(2)6-8-17;1-3-15-8-10-17(11-9-15)13-12-16-6-4-14(2)5-7-16/h4-5,14-19H,3,6-13H2,1-2H3;3-4,13-18H,5-12H2,1-2H3;3,12-17H,1,4-11H2,2H3/b5-4+,15-14+;4-3+,14-13+;13-12+. The lowest BCUT2D eigenvalue weighted by Crippen LogP contribution is -2.13. The van der Waals surface area contributed by atoms with Gasteiger partial charge in [0.05, 0.1) is 0 Å². The van der Waals surface area contributed by atoms with E-state index in [2.05, 4.69) is 108 Å². The molecule has 6 aliphatic carbocycles. The minimum atomic E-state index is 0.801. The minimum absolute atomic E-state index is 0.801. The summed E-state index contributed by atoms with van der Waals surface area (Å²) >= 11 is 0. The predicted octanol–water partition coefficient (Wildman–Crippen LogP) is 17.3. The van der Waals surface area contributed by atoms with Gasteiger partial charge in [-0.2, -0.15) is 0 Å². The normalized spacial score (nSPS) is 38.3. The van der Waals surface area contributed by atoms with Crippen molar-refractivity contribution < 1.29 is 0 Å². The van der Waals surface area contributed by atoms with Crippen molar-refractivity contribution in [1.29, 1.82) is 0 Å². The number of hydrogen-bond acceptors (Lipinski definition) is 0. The summed E-state index contributed by atoms with van der Waals surface area (Å²) in [5.41, 5.74) is 0. The van der Waals surface area contributed by atoms with Gasteiger partial charge in [-0.25, -0.2) is 0 Å². The van der Waals surface area contributed by atoms with Gasteiger partial charge in [-0.3, -0.25) is 0 Å². The maximum atomic E-state index is 3.92. The molecule has 6 fully saturated rings. The first-order valence-corrected chi connectivity index (χ1v) is 24.3. The van der Waals surface area contributed by atoms with Crippen LogP contribution in [-0.4, -0.2) is 0 Å².